The molecule has 3 nitrogen and oxygen atoms in total. The maximum absolute atomic E-state index is 8.79. The standard InChI is InChI=1S/C14H17BrN2O/c1-10(17)12-3-2-11(15)8-13(12)18-9-14(4-5-14)6-7-16/h2-3,8,10H,4-6,9,17H2,1H3. The average molecular weight is 309 g/mol. The lowest BCUT2D eigenvalue weighted by Crippen LogP contribution is -2.15. The van der Waals surface area contributed by atoms with Crippen molar-refractivity contribution >= 4 is 15.9 Å². The molecule has 1 unspecified atom stereocenters. The average Bonchev–Trinajstić information content (AvgIpc) is 3.07. The molecular formula is C14H17BrN2O. The first-order valence-corrected chi connectivity index (χ1v) is 6.90. The van der Waals surface area contributed by atoms with Crippen molar-refractivity contribution in [3.8, 4) is 11.8 Å². The number of hydrogen-bond donors (Lipinski definition) is 1. The maximum Gasteiger partial charge on any atom is 0.125 e. The normalized spacial score (nSPS) is 17.9. The fourth-order valence-electron chi connectivity index (χ4n) is 1.96. The molecule has 0 amide bonds. The van der Waals surface area contributed by atoms with Crippen molar-refractivity contribution in [2.75, 3.05) is 6.61 Å². The first-order chi connectivity index (χ1) is 8.56. The van der Waals surface area contributed by atoms with Crippen molar-refractivity contribution < 1.29 is 4.74 Å². The molecule has 0 aromatic heterocycles. The van der Waals surface area contributed by atoms with Gasteiger partial charge in [0.1, 0.15) is 5.75 Å². The molecule has 0 bridgehead atoms. The Labute approximate surface area is 116 Å². The van der Waals surface area contributed by atoms with Crippen LogP contribution in [0.3, 0.4) is 0 Å². The van der Waals surface area contributed by atoms with Crippen LogP contribution < -0.4 is 10.5 Å². The number of hydrogen-bond acceptors (Lipinski definition) is 3. The smallest absolute Gasteiger partial charge is 0.125 e. The third-order valence-electron chi connectivity index (χ3n) is 3.41. The van der Waals surface area contributed by atoms with E-state index in [1.807, 2.05) is 25.1 Å². The highest BCUT2D eigenvalue weighted by Gasteiger charge is 2.43. The molecule has 18 heavy (non-hydrogen) atoms. The van der Waals surface area contributed by atoms with Crippen LogP contribution in [0.2, 0.25) is 0 Å². The molecule has 1 aliphatic carbocycles. The van der Waals surface area contributed by atoms with E-state index in [1.165, 1.54) is 0 Å². The second kappa shape index (κ2) is 5.29. The molecule has 0 saturated heterocycles. The van der Waals surface area contributed by atoms with Crippen LogP contribution in [0.15, 0.2) is 22.7 Å². The second-order valence-corrected chi connectivity index (χ2v) is 6.01. The van der Waals surface area contributed by atoms with Crippen LogP contribution in [0.25, 0.3) is 0 Å². The molecule has 1 aliphatic rings. The van der Waals surface area contributed by atoms with Gasteiger partial charge >= 0.3 is 0 Å². The first-order valence-electron chi connectivity index (χ1n) is 6.11. The van der Waals surface area contributed by atoms with Gasteiger partial charge in [-0.3, -0.25) is 0 Å². The van der Waals surface area contributed by atoms with Crippen LogP contribution in [0, 0.1) is 16.7 Å². The summed E-state index contributed by atoms with van der Waals surface area (Å²) in [5.74, 6) is 0.823. The summed E-state index contributed by atoms with van der Waals surface area (Å²) in [6.07, 6.45) is 2.75. The van der Waals surface area contributed by atoms with Crippen molar-refractivity contribution in [2.24, 2.45) is 11.1 Å². The summed E-state index contributed by atoms with van der Waals surface area (Å²) in [4.78, 5) is 0. The van der Waals surface area contributed by atoms with Gasteiger partial charge in [0, 0.05) is 27.9 Å². The number of nitrogens with zero attached hydrogens (tertiary/aromatic N) is 1. The summed E-state index contributed by atoms with van der Waals surface area (Å²) in [5.41, 5.74) is 7.03. The van der Waals surface area contributed by atoms with Crippen molar-refractivity contribution in [3.63, 3.8) is 0 Å². The molecule has 96 valence electrons. The Morgan fingerprint density at radius 1 is 1.56 bits per heavy atom. The Morgan fingerprint density at radius 2 is 2.28 bits per heavy atom. The Kier molecular flexibility index (Phi) is 3.94. The molecule has 1 saturated carbocycles. The van der Waals surface area contributed by atoms with Crippen LogP contribution in [-0.4, -0.2) is 6.61 Å². The first kappa shape index (κ1) is 13.4. The lowest BCUT2D eigenvalue weighted by Gasteiger charge is -2.17. The predicted octanol–water partition coefficient (Wildman–Crippen LogP) is 3.54. The maximum atomic E-state index is 8.79. The molecule has 0 radical (unpaired) electrons. The minimum Gasteiger partial charge on any atom is -0.493 e. The minimum atomic E-state index is -0.0563. The van der Waals surface area contributed by atoms with E-state index in [-0.39, 0.29) is 11.5 Å². The van der Waals surface area contributed by atoms with E-state index in [2.05, 4.69) is 22.0 Å². The van der Waals surface area contributed by atoms with Crippen molar-refractivity contribution in [3.05, 3.63) is 28.2 Å². The number of nitriles is 1. The number of halogens is 1. The van der Waals surface area contributed by atoms with Crippen molar-refractivity contribution in [1.29, 1.82) is 5.26 Å². The van der Waals surface area contributed by atoms with Crippen LogP contribution in [-0.2, 0) is 0 Å². The Bertz CT molecular complexity index is 475. The summed E-state index contributed by atoms with van der Waals surface area (Å²) in [5, 5.41) is 8.79. The Hall–Kier alpha value is -1.05. The molecular weight excluding hydrogens is 292 g/mol. The third-order valence-corrected chi connectivity index (χ3v) is 3.90. The summed E-state index contributed by atoms with van der Waals surface area (Å²) >= 11 is 3.44. The SMILES string of the molecule is CC(N)c1ccc(Br)cc1OCC1(CC#N)CC1. The van der Waals surface area contributed by atoms with Gasteiger partial charge in [0.05, 0.1) is 12.7 Å². The quantitative estimate of drug-likeness (QED) is 0.905. The number of benzene rings is 1. The number of nitrogens with two attached hydrogens (primary N) is 1. The molecule has 1 aromatic rings. The highest BCUT2D eigenvalue weighted by atomic mass is 79.9. The lowest BCUT2D eigenvalue weighted by atomic mass is 10.0. The summed E-state index contributed by atoms with van der Waals surface area (Å²) < 4.78 is 6.88. The topological polar surface area (TPSA) is 59.0 Å². The molecule has 2 N–H and O–H groups in total. The zero-order chi connectivity index (χ0) is 13.2. The van der Waals surface area contributed by atoms with E-state index < -0.39 is 0 Å². The lowest BCUT2D eigenvalue weighted by molar-refractivity contribution is 0.234. The van der Waals surface area contributed by atoms with E-state index in [0.29, 0.717) is 13.0 Å². The molecule has 2 rings (SSSR count). The summed E-state index contributed by atoms with van der Waals surface area (Å²) in [6.45, 7) is 2.55. The monoisotopic (exact) mass is 308 g/mol. The Morgan fingerprint density at radius 3 is 2.83 bits per heavy atom. The highest BCUT2D eigenvalue weighted by molar-refractivity contribution is 9.10. The Balaban J connectivity index is 2.09. The largest absolute Gasteiger partial charge is 0.493 e. The second-order valence-electron chi connectivity index (χ2n) is 5.09. The molecule has 0 heterocycles. The van der Waals surface area contributed by atoms with Crippen molar-refractivity contribution in [2.45, 2.75) is 32.2 Å². The van der Waals surface area contributed by atoms with E-state index in [4.69, 9.17) is 15.7 Å². The van der Waals surface area contributed by atoms with Crippen LogP contribution in [0.4, 0.5) is 0 Å². The zero-order valence-corrected chi connectivity index (χ0v) is 12.0. The number of ether oxygens (including phenoxy) is 1. The van der Waals surface area contributed by atoms with Gasteiger partial charge in [0.2, 0.25) is 0 Å². The van der Waals surface area contributed by atoms with Crippen LogP contribution >= 0.6 is 15.9 Å². The fraction of sp³-hybridized carbons (Fsp3) is 0.500. The van der Waals surface area contributed by atoms with E-state index in [0.717, 1.165) is 28.6 Å². The van der Waals surface area contributed by atoms with Gasteiger partial charge in [-0.25, -0.2) is 0 Å². The number of rotatable bonds is 5. The molecule has 0 spiro atoms. The third kappa shape index (κ3) is 3.04. The van der Waals surface area contributed by atoms with Gasteiger partial charge < -0.3 is 10.5 Å². The van der Waals surface area contributed by atoms with Gasteiger partial charge in [-0.05, 0) is 31.9 Å². The summed E-state index contributed by atoms with van der Waals surface area (Å²) in [6, 6.07) is 8.08. The molecule has 1 aromatic carbocycles. The van der Waals surface area contributed by atoms with Gasteiger partial charge in [-0.1, -0.05) is 22.0 Å². The van der Waals surface area contributed by atoms with Crippen molar-refractivity contribution in [1.82, 2.24) is 0 Å². The van der Waals surface area contributed by atoms with Crippen LogP contribution in [0.1, 0.15) is 37.8 Å². The van der Waals surface area contributed by atoms with Gasteiger partial charge in [0.25, 0.3) is 0 Å². The molecule has 0 aliphatic heterocycles. The minimum absolute atomic E-state index is 0.0563. The van der Waals surface area contributed by atoms with Crippen LogP contribution in [0.5, 0.6) is 5.75 Å². The summed E-state index contributed by atoms with van der Waals surface area (Å²) in [7, 11) is 0. The van der Waals surface area contributed by atoms with E-state index in [9.17, 15) is 0 Å². The fourth-order valence-corrected chi connectivity index (χ4v) is 2.30. The van der Waals surface area contributed by atoms with Gasteiger partial charge in [0.15, 0.2) is 0 Å². The predicted molar refractivity (Wildman–Crippen MR) is 74.1 cm³/mol. The molecule has 4 heteroatoms. The highest BCUT2D eigenvalue weighted by Crippen LogP contribution is 2.49. The molecule has 1 fully saturated rings. The zero-order valence-electron chi connectivity index (χ0n) is 10.4. The van der Waals surface area contributed by atoms with Gasteiger partial charge in [-0.15, -0.1) is 0 Å². The van der Waals surface area contributed by atoms with E-state index in [1.54, 1.807) is 0 Å². The van der Waals surface area contributed by atoms with E-state index >= 15 is 0 Å². The van der Waals surface area contributed by atoms with Gasteiger partial charge in [-0.2, -0.15) is 5.26 Å². The molecule has 1 atom stereocenters.